The molecule has 5 nitrogen and oxygen atoms in total. The van der Waals surface area contributed by atoms with Crippen LogP contribution < -0.4 is 11.5 Å². The molecule has 0 aromatic heterocycles. The van der Waals surface area contributed by atoms with Gasteiger partial charge in [0.05, 0.1) is 11.7 Å². The molecule has 1 aromatic rings. The van der Waals surface area contributed by atoms with Crippen molar-refractivity contribution in [3.63, 3.8) is 0 Å². The van der Waals surface area contributed by atoms with Gasteiger partial charge < -0.3 is 16.3 Å². The minimum atomic E-state index is 0.315. The number of aliphatic imine (C=N–C) groups is 1. The van der Waals surface area contributed by atoms with Crippen molar-refractivity contribution < 1.29 is 4.79 Å². The molecule has 41 heavy (non-hydrogen) atoms. The van der Waals surface area contributed by atoms with Gasteiger partial charge in [0, 0.05) is 19.4 Å². The maximum absolute atomic E-state index is 10.4. The molecule has 0 fully saturated rings. The lowest BCUT2D eigenvalue weighted by molar-refractivity contribution is -0.117. The monoisotopic (exact) mass is 575 g/mol. The second kappa shape index (κ2) is 29.3. The lowest BCUT2D eigenvalue weighted by atomic mass is 10.0. The quantitative estimate of drug-likeness (QED) is 0.104. The van der Waals surface area contributed by atoms with E-state index in [-0.39, 0.29) is 0 Å². The first-order valence-corrected chi connectivity index (χ1v) is 16.2. The second-order valence-electron chi connectivity index (χ2n) is 13.1. The van der Waals surface area contributed by atoms with Crippen LogP contribution in [0.5, 0.6) is 0 Å². The van der Waals surface area contributed by atoms with Crippen LogP contribution in [-0.2, 0) is 11.2 Å². The van der Waals surface area contributed by atoms with E-state index in [0.717, 1.165) is 55.9 Å². The minimum absolute atomic E-state index is 0.315. The van der Waals surface area contributed by atoms with Gasteiger partial charge in [-0.15, -0.1) is 0 Å². The highest BCUT2D eigenvalue weighted by Crippen LogP contribution is 2.09. The van der Waals surface area contributed by atoms with Gasteiger partial charge >= 0.3 is 0 Å². The van der Waals surface area contributed by atoms with Crippen LogP contribution in [0.25, 0.3) is 0 Å². The van der Waals surface area contributed by atoms with E-state index in [2.05, 4.69) is 91.6 Å². The number of Topliss-reactive ketones (excluding diaryl/α,β-unsaturated/α-hetero) is 1. The predicted octanol–water partition coefficient (Wildman–Crippen LogP) is 9.92. The molecule has 0 aliphatic heterocycles. The van der Waals surface area contributed by atoms with Gasteiger partial charge in [-0.05, 0) is 75.7 Å². The van der Waals surface area contributed by atoms with Gasteiger partial charge in [-0.1, -0.05) is 117 Å². The molecule has 0 unspecified atom stereocenters. The van der Waals surface area contributed by atoms with Crippen molar-refractivity contribution in [1.29, 1.82) is 5.41 Å². The number of benzene rings is 1. The normalized spacial score (nSPS) is 11.0. The molecule has 0 radical (unpaired) electrons. The Hall–Kier alpha value is -2.17. The molecule has 1 aromatic carbocycles. The maximum Gasteiger partial charge on any atom is 0.129 e. The molecule has 0 saturated heterocycles. The number of nitrogens with zero attached hydrogens (tertiary/aromatic N) is 1. The fraction of sp³-hybridized carbons (Fsp3) is 0.750. The summed E-state index contributed by atoms with van der Waals surface area (Å²) in [6.07, 6.45) is 12.3. The molecule has 240 valence electrons. The van der Waals surface area contributed by atoms with Crippen LogP contribution in [0.1, 0.15) is 145 Å². The first kappa shape index (κ1) is 43.3. The molecule has 0 aliphatic carbocycles. The van der Waals surface area contributed by atoms with E-state index < -0.39 is 0 Å². The van der Waals surface area contributed by atoms with Gasteiger partial charge in [-0.25, -0.2) is 0 Å². The summed E-state index contributed by atoms with van der Waals surface area (Å²) in [6.45, 7) is 24.3. The summed E-state index contributed by atoms with van der Waals surface area (Å²) in [5, 5.41) is 6.96. The van der Waals surface area contributed by atoms with E-state index in [1.807, 2.05) is 6.92 Å². The van der Waals surface area contributed by atoms with Gasteiger partial charge in [0.2, 0.25) is 0 Å². The summed E-state index contributed by atoms with van der Waals surface area (Å²) in [6, 6.07) is 8.79. The molecule has 0 aliphatic rings. The summed E-state index contributed by atoms with van der Waals surface area (Å²) < 4.78 is 0. The fourth-order valence-corrected chi connectivity index (χ4v) is 3.74. The van der Waals surface area contributed by atoms with Crippen molar-refractivity contribution in [3.8, 4) is 0 Å². The molecule has 0 amide bonds. The zero-order chi connectivity index (χ0) is 32.2. The average molecular weight is 575 g/mol. The Kier molecular flexibility index (Phi) is 31.0. The summed E-state index contributed by atoms with van der Waals surface area (Å²) in [5.74, 6) is 4.45. The van der Waals surface area contributed by atoms with Crippen LogP contribution in [0.4, 0.5) is 0 Å². The van der Waals surface area contributed by atoms with E-state index in [4.69, 9.17) is 16.9 Å². The summed E-state index contributed by atoms with van der Waals surface area (Å²) in [4.78, 5) is 14.5. The van der Waals surface area contributed by atoms with Gasteiger partial charge in [0.1, 0.15) is 5.78 Å². The molecule has 1 rings (SSSR count). The topological polar surface area (TPSA) is 105 Å². The van der Waals surface area contributed by atoms with Crippen molar-refractivity contribution in [1.82, 2.24) is 0 Å². The number of unbranched alkanes of at least 4 members (excludes halogenated alkanes) is 2. The number of carbonyl (C=O) groups excluding carboxylic acids is 1. The van der Waals surface area contributed by atoms with Crippen LogP contribution in [0.3, 0.4) is 0 Å². The highest BCUT2D eigenvalue weighted by atomic mass is 16.1. The van der Waals surface area contributed by atoms with Crippen molar-refractivity contribution in [2.24, 2.45) is 40.1 Å². The Morgan fingerprint density at radius 3 is 1.56 bits per heavy atom. The number of ketones is 1. The first-order valence-electron chi connectivity index (χ1n) is 16.2. The van der Waals surface area contributed by atoms with E-state index in [0.29, 0.717) is 17.5 Å². The third-order valence-electron chi connectivity index (χ3n) is 6.10. The highest BCUT2D eigenvalue weighted by Gasteiger charge is 1.97. The van der Waals surface area contributed by atoms with E-state index in [9.17, 15) is 4.79 Å². The minimum Gasteiger partial charge on any atom is -0.388 e. The third kappa shape index (κ3) is 45.1. The maximum atomic E-state index is 10.4. The number of nitrogens with two attached hydrogens (primary N) is 2. The fourth-order valence-electron chi connectivity index (χ4n) is 3.74. The lowest BCUT2D eigenvalue weighted by Gasteiger charge is -2.04. The Labute approximate surface area is 256 Å². The predicted molar refractivity (Wildman–Crippen MR) is 185 cm³/mol. The molecule has 5 N–H and O–H groups in total. The zero-order valence-corrected chi connectivity index (χ0v) is 29.1. The number of amidine groups is 2. The molecule has 5 heteroatoms. The Balaban J connectivity index is -0.000000471. The summed E-state index contributed by atoms with van der Waals surface area (Å²) in [5.41, 5.74) is 13.4. The molecule has 0 saturated carbocycles. The largest absolute Gasteiger partial charge is 0.388 e. The number of carbonyl (C=O) groups is 1. The van der Waals surface area contributed by atoms with Gasteiger partial charge in [0.25, 0.3) is 0 Å². The zero-order valence-electron chi connectivity index (χ0n) is 29.1. The molecular formula is C36H70N4O. The number of rotatable bonds is 16. The smallest absolute Gasteiger partial charge is 0.129 e. The number of hydrogen-bond donors (Lipinski definition) is 3. The van der Waals surface area contributed by atoms with Crippen LogP contribution in [0.15, 0.2) is 29.3 Å². The van der Waals surface area contributed by atoms with E-state index in [1.165, 1.54) is 56.1 Å². The van der Waals surface area contributed by atoms with Gasteiger partial charge in [-0.3, -0.25) is 10.4 Å². The van der Waals surface area contributed by atoms with Gasteiger partial charge in [0.15, 0.2) is 0 Å². The second-order valence-corrected chi connectivity index (χ2v) is 13.1. The van der Waals surface area contributed by atoms with Crippen LogP contribution in [0, 0.1) is 36.0 Å². The van der Waals surface area contributed by atoms with Crippen LogP contribution >= 0.6 is 0 Å². The summed E-state index contributed by atoms with van der Waals surface area (Å²) >= 11 is 0. The first-order chi connectivity index (χ1) is 19.1. The van der Waals surface area contributed by atoms with Crippen molar-refractivity contribution >= 4 is 17.5 Å². The molecule has 0 atom stereocenters. The van der Waals surface area contributed by atoms with Crippen LogP contribution in [0.2, 0.25) is 0 Å². The molecule has 0 bridgehead atoms. The standard InChI is InChI=1S/C11H16.C9H20N2.C8H18N2.C8H16O/c1-9(2)8-11-6-4-10(3)5-7-11;1-8(2)6-4-5-7-11-9(3)10;1-7(2)5-3-4-6-8(9)10;1-7(2)5-4-6-8(3)9/h4-7,9H,8H2,1-3H3;8H,4-7H2,1-3H3,(H2,10,11);7H,3-6H2,1-2H3,(H3,9,10);7H,4-6H2,1-3H3. The Morgan fingerprint density at radius 1 is 0.707 bits per heavy atom. The molecule has 0 heterocycles. The Bertz CT molecular complexity index is 760. The third-order valence-corrected chi connectivity index (χ3v) is 6.10. The molecule has 0 spiro atoms. The number of nitrogens with one attached hydrogen (secondary N) is 1. The highest BCUT2D eigenvalue weighted by molar-refractivity contribution is 5.77. The van der Waals surface area contributed by atoms with Crippen molar-refractivity contribution in [2.75, 3.05) is 6.54 Å². The lowest BCUT2D eigenvalue weighted by Crippen LogP contribution is -2.08. The number of hydrogen-bond acceptors (Lipinski definition) is 3. The SMILES string of the molecule is CC(=O)CCCC(C)C.CC(C)CCCCC(=N)N.CC(N)=NCCCCC(C)C.Cc1ccc(CC(C)C)cc1. The van der Waals surface area contributed by atoms with Crippen molar-refractivity contribution in [2.45, 2.75) is 147 Å². The van der Waals surface area contributed by atoms with E-state index >= 15 is 0 Å². The van der Waals surface area contributed by atoms with E-state index in [1.54, 1.807) is 6.92 Å². The molecular weight excluding hydrogens is 504 g/mol. The average Bonchev–Trinajstić information content (AvgIpc) is 2.83. The Morgan fingerprint density at radius 2 is 1.17 bits per heavy atom. The summed E-state index contributed by atoms with van der Waals surface area (Å²) in [7, 11) is 0. The van der Waals surface area contributed by atoms with Crippen LogP contribution in [-0.4, -0.2) is 24.0 Å². The van der Waals surface area contributed by atoms with Crippen molar-refractivity contribution in [3.05, 3.63) is 35.4 Å². The van der Waals surface area contributed by atoms with Gasteiger partial charge in [-0.2, -0.15) is 0 Å². The number of aryl methyl sites for hydroxylation is 1.